The van der Waals surface area contributed by atoms with Crippen LogP contribution in [0.4, 0.5) is 0 Å². The Labute approximate surface area is 137 Å². The lowest BCUT2D eigenvalue weighted by atomic mass is 10.0. The summed E-state index contributed by atoms with van der Waals surface area (Å²) in [6, 6.07) is 7.92. The molecule has 2 rings (SSSR count). The van der Waals surface area contributed by atoms with Crippen molar-refractivity contribution >= 4 is 12.0 Å². The number of rotatable bonds is 5. The summed E-state index contributed by atoms with van der Waals surface area (Å²) in [6.45, 7) is 6.58. The predicted molar refractivity (Wildman–Crippen MR) is 92.3 cm³/mol. The first-order valence-electron chi connectivity index (χ1n) is 7.53. The molecular weight excluding hydrogens is 288 g/mol. The van der Waals surface area contributed by atoms with Crippen molar-refractivity contribution in [3.8, 4) is 5.88 Å². The molecule has 0 saturated carbocycles. The van der Waals surface area contributed by atoms with Gasteiger partial charge < -0.3 is 10.1 Å². The number of pyridine rings is 1. The van der Waals surface area contributed by atoms with Crippen LogP contribution in [0.2, 0.25) is 0 Å². The Kier molecular flexibility index (Phi) is 5.52. The Morgan fingerprint density at radius 1 is 1.22 bits per heavy atom. The van der Waals surface area contributed by atoms with Crippen LogP contribution in [0.3, 0.4) is 0 Å². The van der Waals surface area contributed by atoms with Gasteiger partial charge in [0.05, 0.1) is 7.11 Å². The fourth-order valence-electron chi connectivity index (χ4n) is 2.31. The first kappa shape index (κ1) is 16.7. The van der Waals surface area contributed by atoms with E-state index in [1.54, 1.807) is 19.4 Å². The third-order valence-electron chi connectivity index (χ3n) is 3.79. The van der Waals surface area contributed by atoms with Gasteiger partial charge in [-0.2, -0.15) is 0 Å². The van der Waals surface area contributed by atoms with Gasteiger partial charge in [0.1, 0.15) is 0 Å². The van der Waals surface area contributed by atoms with Crippen LogP contribution in [0.15, 0.2) is 36.5 Å². The average Bonchev–Trinajstić information content (AvgIpc) is 2.55. The fourth-order valence-corrected chi connectivity index (χ4v) is 2.31. The average molecular weight is 310 g/mol. The summed E-state index contributed by atoms with van der Waals surface area (Å²) in [4.78, 5) is 16.1. The number of carbonyl (C=O) groups is 1. The summed E-state index contributed by atoms with van der Waals surface area (Å²) in [5.74, 6) is 0.385. The molecule has 0 atom stereocenters. The van der Waals surface area contributed by atoms with Crippen LogP contribution in [0.1, 0.15) is 27.8 Å². The summed E-state index contributed by atoms with van der Waals surface area (Å²) in [6.07, 6.45) is 5.06. The van der Waals surface area contributed by atoms with Gasteiger partial charge >= 0.3 is 0 Å². The van der Waals surface area contributed by atoms with E-state index in [4.69, 9.17) is 4.74 Å². The molecule has 0 unspecified atom stereocenters. The van der Waals surface area contributed by atoms with E-state index >= 15 is 0 Å². The maximum atomic E-state index is 12.0. The zero-order valence-corrected chi connectivity index (χ0v) is 14.0. The van der Waals surface area contributed by atoms with E-state index in [0.29, 0.717) is 12.4 Å². The van der Waals surface area contributed by atoms with E-state index < -0.39 is 0 Å². The SMILES string of the molecule is COc1ncccc1CNC(=O)/C=C/c1cc(C)c(C)cc1C. The maximum Gasteiger partial charge on any atom is 0.244 e. The van der Waals surface area contributed by atoms with Crippen LogP contribution < -0.4 is 10.1 Å². The van der Waals surface area contributed by atoms with Gasteiger partial charge in [-0.05, 0) is 55.2 Å². The predicted octanol–water partition coefficient (Wildman–Crippen LogP) is 3.35. The molecule has 23 heavy (non-hydrogen) atoms. The minimum atomic E-state index is -0.145. The normalized spacial score (nSPS) is 10.8. The summed E-state index contributed by atoms with van der Waals surface area (Å²) in [7, 11) is 1.57. The Hall–Kier alpha value is -2.62. The molecule has 0 aliphatic heterocycles. The van der Waals surface area contributed by atoms with Gasteiger partial charge in [0.2, 0.25) is 11.8 Å². The van der Waals surface area contributed by atoms with Gasteiger partial charge in [-0.15, -0.1) is 0 Å². The molecule has 0 fully saturated rings. The van der Waals surface area contributed by atoms with Crippen LogP contribution in [-0.2, 0) is 11.3 Å². The maximum absolute atomic E-state index is 12.0. The first-order chi connectivity index (χ1) is 11.0. The second-order valence-corrected chi connectivity index (χ2v) is 5.52. The minimum Gasteiger partial charge on any atom is -0.481 e. The third-order valence-corrected chi connectivity index (χ3v) is 3.79. The van der Waals surface area contributed by atoms with Crippen LogP contribution >= 0.6 is 0 Å². The van der Waals surface area contributed by atoms with Gasteiger partial charge in [0.25, 0.3) is 0 Å². The van der Waals surface area contributed by atoms with Crippen LogP contribution in [-0.4, -0.2) is 18.0 Å². The van der Waals surface area contributed by atoms with E-state index in [1.807, 2.05) is 25.1 Å². The quantitative estimate of drug-likeness (QED) is 0.862. The molecule has 4 nitrogen and oxygen atoms in total. The van der Waals surface area contributed by atoms with Crippen molar-refractivity contribution in [2.75, 3.05) is 7.11 Å². The largest absolute Gasteiger partial charge is 0.481 e. The second-order valence-electron chi connectivity index (χ2n) is 5.52. The molecule has 2 aromatic rings. The number of amides is 1. The number of benzene rings is 1. The van der Waals surface area contributed by atoms with Crippen LogP contribution in [0.5, 0.6) is 5.88 Å². The highest BCUT2D eigenvalue weighted by atomic mass is 16.5. The molecule has 120 valence electrons. The molecular formula is C19H22N2O2. The van der Waals surface area contributed by atoms with Crippen molar-refractivity contribution in [1.82, 2.24) is 10.3 Å². The van der Waals surface area contributed by atoms with Crippen LogP contribution in [0, 0.1) is 20.8 Å². The van der Waals surface area contributed by atoms with Crippen molar-refractivity contribution in [2.45, 2.75) is 27.3 Å². The smallest absolute Gasteiger partial charge is 0.244 e. The zero-order chi connectivity index (χ0) is 16.8. The Bertz CT molecular complexity index is 736. The number of ether oxygens (including phenoxy) is 1. The number of aryl methyl sites for hydroxylation is 3. The van der Waals surface area contributed by atoms with Crippen molar-refractivity contribution in [2.24, 2.45) is 0 Å². The Morgan fingerprint density at radius 3 is 2.70 bits per heavy atom. The van der Waals surface area contributed by atoms with Crippen molar-refractivity contribution in [3.63, 3.8) is 0 Å². The molecule has 1 N–H and O–H groups in total. The van der Waals surface area contributed by atoms with E-state index in [1.165, 1.54) is 11.1 Å². The topological polar surface area (TPSA) is 51.2 Å². The standard InChI is InChI=1S/C19H22N2O2/c1-13-10-15(3)16(11-14(13)2)7-8-18(22)21-12-17-6-5-9-20-19(17)23-4/h5-11H,12H2,1-4H3,(H,21,22)/b8-7+. The summed E-state index contributed by atoms with van der Waals surface area (Å²) in [5, 5.41) is 2.84. The number of aromatic nitrogens is 1. The molecule has 1 aromatic heterocycles. The summed E-state index contributed by atoms with van der Waals surface area (Å²) in [5.41, 5.74) is 5.54. The molecule has 0 spiro atoms. The van der Waals surface area contributed by atoms with E-state index in [2.05, 4.69) is 36.3 Å². The number of hydrogen-bond donors (Lipinski definition) is 1. The summed E-state index contributed by atoms with van der Waals surface area (Å²) < 4.78 is 5.17. The molecule has 0 bridgehead atoms. The van der Waals surface area contributed by atoms with Crippen molar-refractivity contribution in [1.29, 1.82) is 0 Å². The third kappa shape index (κ3) is 4.42. The first-order valence-corrected chi connectivity index (χ1v) is 7.53. The Morgan fingerprint density at radius 2 is 1.96 bits per heavy atom. The lowest BCUT2D eigenvalue weighted by Gasteiger charge is -2.08. The van der Waals surface area contributed by atoms with E-state index in [0.717, 1.165) is 16.7 Å². The second kappa shape index (κ2) is 7.58. The molecule has 1 aromatic carbocycles. The lowest BCUT2D eigenvalue weighted by Crippen LogP contribution is -2.20. The van der Waals surface area contributed by atoms with Gasteiger partial charge in [0.15, 0.2) is 0 Å². The molecule has 0 aliphatic carbocycles. The number of nitrogens with zero attached hydrogens (tertiary/aromatic N) is 1. The highest BCUT2D eigenvalue weighted by Crippen LogP contribution is 2.16. The monoisotopic (exact) mass is 310 g/mol. The van der Waals surface area contributed by atoms with Crippen LogP contribution in [0.25, 0.3) is 6.08 Å². The van der Waals surface area contributed by atoms with Gasteiger partial charge in [-0.1, -0.05) is 18.2 Å². The van der Waals surface area contributed by atoms with Crippen molar-refractivity contribution < 1.29 is 9.53 Å². The van der Waals surface area contributed by atoms with Gasteiger partial charge in [-0.3, -0.25) is 4.79 Å². The molecule has 0 aliphatic rings. The molecule has 0 saturated heterocycles. The highest BCUT2D eigenvalue weighted by Gasteiger charge is 2.04. The zero-order valence-electron chi connectivity index (χ0n) is 14.0. The molecule has 0 radical (unpaired) electrons. The number of carbonyl (C=O) groups excluding carboxylic acids is 1. The lowest BCUT2D eigenvalue weighted by molar-refractivity contribution is -0.116. The van der Waals surface area contributed by atoms with Gasteiger partial charge in [-0.25, -0.2) is 4.98 Å². The van der Waals surface area contributed by atoms with E-state index in [-0.39, 0.29) is 5.91 Å². The van der Waals surface area contributed by atoms with E-state index in [9.17, 15) is 4.79 Å². The Balaban J connectivity index is 2.01. The number of hydrogen-bond acceptors (Lipinski definition) is 3. The summed E-state index contributed by atoms with van der Waals surface area (Å²) >= 11 is 0. The fraction of sp³-hybridized carbons (Fsp3) is 0.263. The molecule has 1 amide bonds. The number of methoxy groups -OCH3 is 1. The number of nitrogens with one attached hydrogen (secondary N) is 1. The van der Waals surface area contributed by atoms with Crippen molar-refractivity contribution in [3.05, 3.63) is 64.4 Å². The minimum absolute atomic E-state index is 0.145. The highest BCUT2D eigenvalue weighted by molar-refractivity contribution is 5.91. The molecule has 1 heterocycles. The van der Waals surface area contributed by atoms with Gasteiger partial charge in [0, 0.05) is 24.4 Å². The molecule has 4 heteroatoms.